The molecule has 1 heterocycles. The Morgan fingerprint density at radius 3 is 3.00 bits per heavy atom. The lowest BCUT2D eigenvalue weighted by atomic mass is 10.2. The summed E-state index contributed by atoms with van der Waals surface area (Å²) in [5.41, 5.74) is 3.45. The molecule has 0 bridgehead atoms. The van der Waals surface area contributed by atoms with Crippen LogP contribution in [-0.2, 0) is 0 Å². The van der Waals surface area contributed by atoms with E-state index >= 15 is 0 Å². The summed E-state index contributed by atoms with van der Waals surface area (Å²) < 4.78 is 5.15. The molecule has 0 saturated heterocycles. The molecule has 1 aromatic rings. The summed E-state index contributed by atoms with van der Waals surface area (Å²) in [5, 5.41) is 7.66. The van der Waals surface area contributed by atoms with Gasteiger partial charge < -0.3 is 4.74 Å². The molecule has 0 fully saturated rings. The fourth-order valence-electron chi connectivity index (χ4n) is 1.55. The highest BCUT2D eigenvalue weighted by molar-refractivity contribution is 8.14. The average Bonchev–Trinajstić information content (AvgIpc) is 2.86. The lowest BCUT2D eigenvalue weighted by Crippen LogP contribution is -2.28. The first-order valence-corrected chi connectivity index (χ1v) is 6.56. The van der Waals surface area contributed by atoms with Crippen molar-refractivity contribution in [3.8, 4) is 5.75 Å². The van der Waals surface area contributed by atoms with Crippen LogP contribution in [0.15, 0.2) is 29.4 Å². The molecule has 1 atom stereocenters. The van der Waals surface area contributed by atoms with Gasteiger partial charge in [-0.05, 0) is 18.6 Å². The third kappa shape index (κ3) is 2.76. The molecule has 1 unspecified atom stereocenters. The predicted molar refractivity (Wildman–Crippen MR) is 72.7 cm³/mol. The molecule has 0 saturated carbocycles. The van der Waals surface area contributed by atoms with Gasteiger partial charge in [0.25, 0.3) is 5.91 Å². The van der Waals surface area contributed by atoms with Crippen molar-refractivity contribution in [3.05, 3.63) is 29.8 Å². The number of ether oxygens (including phenoxy) is 1. The monoisotopic (exact) mass is 265 g/mol. The van der Waals surface area contributed by atoms with Crippen LogP contribution in [0.5, 0.6) is 5.75 Å². The first-order chi connectivity index (χ1) is 8.74. The van der Waals surface area contributed by atoms with Crippen molar-refractivity contribution < 1.29 is 9.53 Å². The lowest BCUT2D eigenvalue weighted by Gasteiger charge is -2.08. The largest absolute Gasteiger partial charge is 0.496 e. The Balaban J connectivity index is 2.04. The Kier molecular flexibility index (Phi) is 4.09. The maximum Gasteiger partial charge on any atom is 0.261 e. The van der Waals surface area contributed by atoms with Gasteiger partial charge in [0.1, 0.15) is 5.75 Å². The summed E-state index contributed by atoms with van der Waals surface area (Å²) in [6.45, 7) is 2.06. The summed E-state index contributed by atoms with van der Waals surface area (Å²) >= 11 is 1.51. The van der Waals surface area contributed by atoms with E-state index in [0.29, 0.717) is 16.5 Å². The minimum absolute atomic E-state index is 0.211. The van der Waals surface area contributed by atoms with Gasteiger partial charge >= 0.3 is 0 Å². The van der Waals surface area contributed by atoms with Crippen LogP contribution in [-0.4, -0.2) is 23.6 Å². The maximum atomic E-state index is 12.1. The highest BCUT2D eigenvalue weighted by Gasteiger charge is 2.20. The van der Waals surface area contributed by atoms with Crippen molar-refractivity contribution in [2.45, 2.75) is 18.7 Å². The van der Waals surface area contributed by atoms with Crippen LogP contribution in [0.2, 0.25) is 0 Å². The second kappa shape index (κ2) is 5.77. The molecular weight excluding hydrogens is 250 g/mol. The molecule has 0 aromatic heterocycles. The number of carbonyl (C=O) groups is 1. The SMILES string of the molecule is CCC1NN=C(NC(=O)c2ccccc2OC)S1. The topological polar surface area (TPSA) is 62.7 Å². The number of amides is 1. The van der Waals surface area contributed by atoms with Gasteiger partial charge in [-0.15, -0.1) is 0 Å². The minimum atomic E-state index is -0.211. The number of nitrogens with one attached hydrogen (secondary N) is 2. The van der Waals surface area contributed by atoms with Crippen LogP contribution in [0, 0.1) is 0 Å². The number of thioether (sulfide) groups is 1. The zero-order valence-electron chi connectivity index (χ0n) is 10.3. The van der Waals surface area contributed by atoms with E-state index < -0.39 is 0 Å². The van der Waals surface area contributed by atoms with E-state index in [1.54, 1.807) is 25.3 Å². The molecule has 1 aliphatic rings. The van der Waals surface area contributed by atoms with Crippen LogP contribution in [0.3, 0.4) is 0 Å². The molecule has 2 rings (SSSR count). The van der Waals surface area contributed by atoms with Crippen molar-refractivity contribution in [1.82, 2.24) is 10.7 Å². The summed E-state index contributed by atoms with van der Waals surface area (Å²) in [6.07, 6.45) is 0.947. The van der Waals surface area contributed by atoms with Gasteiger partial charge in [-0.3, -0.25) is 15.5 Å². The Hall–Kier alpha value is -1.69. The maximum absolute atomic E-state index is 12.1. The van der Waals surface area contributed by atoms with Crippen LogP contribution >= 0.6 is 11.8 Å². The Bertz CT molecular complexity index is 476. The first kappa shape index (κ1) is 12.8. The number of hydrogen-bond donors (Lipinski definition) is 2. The molecule has 1 aromatic carbocycles. The Labute approximate surface area is 110 Å². The second-order valence-corrected chi connectivity index (χ2v) is 4.91. The molecule has 0 radical (unpaired) electrons. The number of benzene rings is 1. The molecule has 0 spiro atoms. The number of para-hydroxylation sites is 1. The molecule has 1 amide bonds. The molecule has 18 heavy (non-hydrogen) atoms. The number of nitrogens with zero attached hydrogens (tertiary/aromatic N) is 1. The zero-order chi connectivity index (χ0) is 13.0. The molecule has 5 nitrogen and oxygen atoms in total. The van der Waals surface area contributed by atoms with Gasteiger partial charge in [0, 0.05) is 0 Å². The fourth-order valence-corrected chi connectivity index (χ4v) is 2.35. The molecule has 6 heteroatoms. The highest BCUT2D eigenvalue weighted by Crippen LogP contribution is 2.20. The third-order valence-electron chi connectivity index (χ3n) is 2.51. The van der Waals surface area contributed by atoms with Crippen molar-refractivity contribution in [2.24, 2.45) is 5.10 Å². The second-order valence-electron chi connectivity index (χ2n) is 3.72. The van der Waals surface area contributed by atoms with Crippen molar-refractivity contribution in [3.63, 3.8) is 0 Å². The first-order valence-electron chi connectivity index (χ1n) is 5.68. The van der Waals surface area contributed by atoms with Gasteiger partial charge in [0.05, 0.1) is 18.0 Å². The lowest BCUT2D eigenvalue weighted by molar-refractivity contribution is 0.0975. The van der Waals surface area contributed by atoms with Crippen LogP contribution < -0.4 is 15.5 Å². The molecule has 0 aliphatic carbocycles. The van der Waals surface area contributed by atoms with Crippen LogP contribution in [0.4, 0.5) is 0 Å². The molecular formula is C12H15N3O2S. The number of carbonyl (C=O) groups excluding carboxylic acids is 1. The van der Waals surface area contributed by atoms with E-state index in [9.17, 15) is 4.79 Å². The molecule has 2 N–H and O–H groups in total. The van der Waals surface area contributed by atoms with Crippen LogP contribution in [0.1, 0.15) is 23.7 Å². The van der Waals surface area contributed by atoms with Crippen molar-refractivity contribution in [1.29, 1.82) is 0 Å². The Morgan fingerprint density at radius 2 is 2.33 bits per heavy atom. The van der Waals surface area contributed by atoms with E-state index in [1.807, 2.05) is 6.07 Å². The average molecular weight is 265 g/mol. The summed E-state index contributed by atoms with van der Waals surface area (Å²) in [6, 6.07) is 7.10. The van der Waals surface area contributed by atoms with E-state index in [2.05, 4.69) is 22.8 Å². The smallest absolute Gasteiger partial charge is 0.261 e. The number of hydrazone groups is 1. The van der Waals surface area contributed by atoms with Crippen molar-refractivity contribution in [2.75, 3.05) is 7.11 Å². The van der Waals surface area contributed by atoms with E-state index in [1.165, 1.54) is 11.8 Å². The molecule has 1 aliphatic heterocycles. The van der Waals surface area contributed by atoms with Gasteiger partial charge in [0.2, 0.25) is 0 Å². The minimum Gasteiger partial charge on any atom is -0.496 e. The predicted octanol–water partition coefficient (Wildman–Crippen LogP) is 1.77. The number of methoxy groups -OCH3 is 1. The van der Waals surface area contributed by atoms with Crippen LogP contribution in [0.25, 0.3) is 0 Å². The Morgan fingerprint density at radius 1 is 1.56 bits per heavy atom. The molecule has 96 valence electrons. The summed E-state index contributed by atoms with van der Waals surface area (Å²) in [5.74, 6) is 0.343. The standard InChI is InChI=1S/C12H15N3O2S/c1-3-10-14-15-12(18-10)13-11(16)8-6-4-5-7-9(8)17-2/h4-7,10,14H,3H2,1-2H3,(H,13,15,16). The normalized spacial score (nSPS) is 17.9. The third-order valence-corrected chi connectivity index (χ3v) is 3.65. The van der Waals surface area contributed by atoms with E-state index in [-0.39, 0.29) is 11.3 Å². The highest BCUT2D eigenvalue weighted by atomic mass is 32.2. The number of amidine groups is 1. The zero-order valence-corrected chi connectivity index (χ0v) is 11.1. The van der Waals surface area contributed by atoms with Gasteiger partial charge in [-0.25, -0.2) is 0 Å². The summed E-state index contributed by atoms with van der Waals surface area (Å²) in [4.78, 5) is 12.1. The quantitative estimate of drug-likeness (QED) is 0.874. The number of hydrogen-bond acceptors (Lipinski definition) is 5. The summed E-state index contributed by atoms with van der Waals surface area (Å²) in [7, 11) is 1.54. The fraction of sp³-hybridized carbons (Fsp3) is 0.333. The van der Waals surface area contributed by atoms with Crippen molar-refractivity contribution >= 4 is 22.8 Å². The van der Waals surface area contributed by atoms with Gasteiger partial charge in [0.15, 0.2) is 5.17 Å². The number of rotatable bonds is 3. The van der Waals surface area contributed by atoms with E-state index in [4.69, 9.17) is 4.74 Å². The van der Waals surface area contributed by atoms with Gasteiger partial charge in [-0.1, -0.05) is 30.8 Å². The van der Waals surface area contributed by atoms with E-state index in [0.717, 1.165) is 6.42 Å². The van der Waals surface area contributed by atoms with Gasteiger partial charge in [-0.2, -0.15) is 5.10 Å².